The highest BCUT2D eigenvalue weighted by molar-refractivity contribution is 7.85. The molecule has 86 valence electrons. The second-order valence-electron chi connectivity index (χ2n) is 2.69. The quantitative estimate of drug-likeness (QED) is 0.639. The summed E-state index contributed by atoms with van der Waals surface area (Å²) in [4.78, 5) is 13.8. The summed E-state index contributed by atoms with van der Waals surface area (Å²) in [5, 5.41) is 2.69. The van der Waals surface area contributed by atoms with E-state index < -0.39 is 10.1 Å². The number of hydrogen-bond acceptors (Lipinski definition) is 3. The molecule has 1 rings (SSSR count). The highest BCUT2D eigenvalue weighted by Crippen LogP contribution is 1.94. The van der Waals surface area contributed by atoms with E-state index in [1.54, 1.807) is 18.5 Å². The van der Waals surface area contributed by atoms with Gasteiger partial charge in [-0.05, 0) is 13.0 Å². The van der Waals surface area contributed by atoms with Crippen molar-refractivity contribution in [2.24, 2.45) is 0 Å². The maximum atomic E-state index is 11.0. The van der Waals surface area contributed by atoms with Crippen LogP contribution in [0.25, 0.3) is 0 Å². The molecule has 1 heterocycles. The molecule has 1 aromatic rings. The van der Waals surface area contributed by atoms with Gasteiger partial charge in [-0.3, -0.25) is 9.35 Å². The SMILES string of the molecule is CCNC(=O)c1cc[nH]c1.CS(=O)(=O)O. The number of aromatic nitrogens is 1. The Hall–Kier alpha value is -1.34. The van der Waals surface area contributed by atoms with E-state index in [0.29, 0.717) is 18.4 Å². The van der Waals surface area contributed by atoms with Gasteiger partial charge in [0.1, 0.15) is 0 Å². The summed E-state index contributed by atoms with van der Waals surface area (Å²) in [5.41, 5.74) is 0.682. The second-order valence-corrected chi connectivity index (χ2v) is 4.16. The number of nitrogens with one attached hydrogen (secondary N) is 2. The minimum atomic E-state index is -3.67. The molecule has 7 heteroatoms. The van der Waals surface area contributed by atoms with E-state index in [9.17, 15) is 13.2 Å². The fourth-order valence-corrected chi connectivity index (χ4v) is 0.728. The Morgan fingerprint density at radius 2 is 2.13 bits per heavy atom. The van der Waals surface area contributed by atoms with Gasteiger partial charge < -0.3 is 10.3 Å². The van der Waals surface area contributed by atoms with Crippen LogP contribution in [0, 0.1) is 0 Å². The van der Waals surface area contributed by atoms with Crippen molar-refractivity contribution in [2.75, 3.05) is 12.8 Å². The van der Waals surface area contributed by atoms with Crippen LogP contribution < -0.4 is 5.32 Å². The first kappa shape index (κ1) is 13.7. The zero-order valence-corrected chi connectivity index (χ0v) is 9.34. The van der Waals surface area contributed by atoms with E-state index in [2.05, 4.69) is 10.3 Å². The molecule has 1 amide bonds. The van der Waals surface area contributed by atoms with Crippen LogP contribution in [-0.2, 0) is 10.1 Å². The number of aromatic amines is 1. The van der Waals surface area contributed by atoms with Crippen LogP contribution in [0.3, 0.4) is 0 Å². The number of rotatable bonds is 2. The van der Waals surface area contributed by atoms with Crippen LogP contribution in [0.5, 0.6) is 0 Å². The average molecular weight is 234 g/mol. The summed E-state index contributed by atoms with van der Waals surface area (Å²) < 4.78 is 25.9. The van der Waals surface area contributed by atoms with Crippen molar-refractivity contribution in [3.8, 4) is 0 Å². The Balaban J connectivity index is 0.000000336. The third kappa shape index (κ3) is 8.98. The van der Waals surface area contributed by atoms with Crippen molar-refractivity contribution in [3.05, 3.63) is 24.0 Å². The third-order valence-electron chi connectivity index (χ3n) is 1.20. The first-order chi connectivity index (χ1) is 6.84. The van der Waals surface area contributed by atoms with Gasteiger partial charge in [-0.25, -0.2) is 0 Å². The van der Waals surface area contributed by atoms with E-state index in [1.807, 2.05) is 6.92 Å². The van der Waals surface area contributed by atoms with E-state index in [1.165, 1.54) is 0 Å². The number of H-pyrrole nitrogens is 1. The molecule has 0 fully saturated rings. The molecule has 1 aromatic heterocycles. The smallest absolute Gasteiger partial charge is 0.261 e. The number of amides is 1. The fourth-order valence-electron chi connectivity index (χ4n) is 0.728. The lowest BCUT2D eigenvalue weighted by Crippen LogP contribution is -2.21. The molecule has 0 saturated heterocycles. The summed E-state index contributed by atoms with van der Waals surface area (Å²) in [6.07, 6.45) is 4.11. The highest BCUT2D eigenvalue weighted by Gasteiger charge is 2.01. The molecule has 3 N–H and O–H groups in total. The van der Waals surface area contributed by atoms with Gasteiger partial charge in [0, 0.05) is 18.9 Å². The van der Waals surface area contributed by atoms with Crippen molar-refractivity contribution in [2.45, 2.75) is 6.92 Å². The minimum Gasteiger partial charge on any atom is -0.367 e. The topological polar surface area (TPSA) is 99.3 Å². The maximum Gasteiger partial charge on any atom is 0.261 e. The van der Waals surface area contributed by atoms with Crippen LogP contribution in [-0.4, -0.2) is 36.7 Å². The summed E-state index contributed by atoms with van der Waals surface area (Å²) in [5.74, 6) is -0.0243. The van der Waals surface area contributed by atoms with Gasteiger partial charge in [0.15, 0.2) is 0 Å². The molecule has 0 radical (unpaired) electrons. The molecule has 0 unspecified atom stereocenters. The predicted octanol–water partition coefficient (Wildman–Crippen LogP) is 0.268. The Labute approximate surface area is 88.4 Å². The summed E-state index contributed by atoms with van der Waals surface area (Å²) in [7, 11) is -3.67. The number of hydrogen-bond donors (Lipinski definition) is 3. The Morgan fingerprint density at radius 3 is 2.47 bits per heavy atom. The standard InChI is InChI=1S/C7H10N2O.CH4O3S/c1-2-9-7(10)6-3-4-8-5-6;1-5(2,3)4/h3-5,8H,2H2,1H3,(H,9,10);1H3,(H,2,3,4). The molecular formula is C8H14N2O4S. The van der Waals surface area contributed by atoms with Crippen molar-refractivity contribution in [1.82, 2.24) is 10.3 Å². The number of carbonyl (C=O) groups excluding carboxylic acids is 1. The first-order valence-corrected chi connectivity index (χ1v) is 6.03. The van der Waals surface area contributed by atoms with Gasteiger partial charge in [-0.15, -0.1) is 0 Å². The molecule has 15 heavy (non-hydrogen) atoms. The van der Waals surface area contributed by atoms with Gasteiger partial charge >= 0.3 is 0 Å². The second kappa shape index (κ2) is 6.20. The van der Waals surface area contributed by atoms with Crippen molar-refractivity contribution in [3.63, 3.8) is 0 Å². The Morgan fingerprint density at radius 1 is 1.60 bits per heavy atom. The maximum absolute atomic E-state index is 11.0. The van der Waals surface area contributed by atoms with E-state index in [-0.39, 0.29) is 5.91 Å². The average Bonchev–Trinajstić information content (AvgIpc) is 2.52. The van der Waals surface area contributed by atoms with Gasteiger partial charge in [0.05, 0.1) is 11.8 Å². The van der Waals surface area contributed by atoms with Gasteiger partial charge in [-0.2, -0.15) is 8.42 Å². The minimum absolute atomic E-state index is 0.0243. The van der Waals surface area contributed by atoms with Crippen molar-refractivity contribution < 1.29 is 17.8 Å². The Kier molecular flexibility index (Phi) is 5.65. The molecule has 0 bridgehead atoms. The van der Waals surface area contributed by atoms with Crippen LogP contribution in [0.1, 0.15) is 17.3 Å². The van der Waals surface area contributed by atoms with Crippen LogP contribution in [0.15, 0.2) is 18.5 Å². The monoisotopic (exact) mass is 234 g/mol. The molecule has 0 spiro atoms. The summed E-state index contributed by atoms with van der Waals surface area (Å²) in [6, 6.07) is 1.74. The van der Waals surface area contributed by atoms with Gasteiger partial charge in [-0.1, -0.05) is 0 Å². The lowest BCUT2D eigenvalue weighted by Gasteiger charge is -1.96. The fraction of sp³-hybridized carbons (Fsp3) is 0.375. The predicted molar refractivity (Wildman–Crippen MR) is 56.3 cm³/mol. The molecule has 0 aliphatic heterocycles. The molecule has 0 aromatic carbocycles. The normalized spacial score (nSPS) is 10.1. The molecule has 0 aliphatic carbocycles. The summed E-state index contributed by atoms with van der Waals surface area (Å²) >= 11 is 0. The number of carbonyl (C=O) groups is 1. The lowest BCUT2D eigenvalue weighted by molar-refractivity contribution is 0.0956. The van der Waals surface area contributed by atoms with Gasteiger partial charge in [0.25, 0.3) is 16.0 Å². The van der Waals surface area contributed by atoms with Crippen LogP contribution >= 0.6 is 0 Å². The van der Waals surface area contributed by atoms with Gasteiger partial charge in [0.2, 0.25) is 0 Å². The van der Waals surface area contributed by atoms with Crippen molar-refractivity contribution in [1.29, 1.82) is 0 Å². The van der Waals surface area contributed by atoms with E-state index in [4.69, 9.17) is 4.55 Å². The van der Waals surface area contributed by atoms with E-state index in [0.717, 1.165) is 0 Å². The molecule has 0 aliphatic rings. The molecule has 0 saturated carbocycles. The zero-order valence-electron chi connectivity index (χ0n) is 8.52. The summed E-state index contributed by atoms with van der Waals surface area (Å²) in [6.45, 7) is 2.56. The van der Waals surface area contributed by atoms with Crippen LogP contribution in [0.4, 0.5) is 0 Å². The zero-order chi connectivity index (χ0) is 11.9. The largest absolute Gasteiger partial charge is 0.367 e. The van der Waals surface area contributed by atoms with Crippen LogP contribution in [0.2, 0.25) is 0 Å². The highest BCUT2D eigenvalue weighted by atomic mass is 32.2. The third-order valence-corrected chi connectivity index (χ3v) is 1.20. The molecule has 6 nitrogen and oxygen atoms in total. The molecular weight excluding hydrogens is 220 g/mol. The first-order valence-electron chi connectivity index (χ1n) is 4.18. The molecule has 0 atom stereocenters. The Bertz CT molecular complexity index is 375. The lowest BCUT2D eigenvalue weighted by atomic mass is 10.3. The van der Waals surface area contributed by atoms with E-state index >= 15 is 0 Å². The van der Waals surface area contributed by atoms with Crippen molar-refractivity contribution >= 4 is 16.0 Å².